The van der Waals surface area contributed by atoms with Crippen LogP contribution >= 0.6 is 11.3 Å². The number of carbonyl (C=O) groups excluding carboxylic acids is 3. The molecule has 0 spiro atoms. The summed E-state index contributed by atoms with van der Waals surface area (Å²) in [4.78, 5) is 49.1. The topological polar surface area (TPSA) is 98.3 Å². The fourth-order valence-corrected chi connectivity index (χ4v) is 4.89. The van der Waals surface area contributed by atoms with Crippen LogP contribution in [-0.2, 0) is 22.5 Å². The van der Waals surface area contributed by atoms with E-state index in [2.05, 4.69) is 27.3 Å². The van der Waals surface area contributed by atoms with Crippen LogP contribution in [0, 0.1) is 0 Å². The van der Waals surface area contributed by atoms with Gasteiger partial charge >= 0.3 is 12.1 Å². The monoisotopic (exact) mass is 500 g/mol. The summed E-state index contributed by atoms with van der Waals surface area (Å²) < 4.78 is 5.01. The second-order valence-electron chi connectivity index (χ2n) is 8.57. The van der Waals surface area contributed by atoms with Crippen LogP contribution in [0.1, 0.15) is 18.2 Å². The first-order chi connectivity index (χ1) is 17.0. The minimum atomic E-state index is -0.348. The lowest BCUT2D eigenvalue weighted by molar-refractivity contribution is -0.132. The number of urea groups is 1. The predicted molar refractivity (Wildman–Crippen MR) is 133 cm³/mol. The van der Waals surface area contributed by atoms with E-state index in [9.17, 15) is 14.4 Å². The number of piperazine rings is 2. The van der Waals surface area contributed by atoms with Crippen molar-refractivity contribution in [2.45, 2.75) is 19.9 Å². The van der Waals surface area contributed by atoms with Crippen molar-refractivity contribution in [1.29, 1.82) is 0 Å². The first kappa shape index (κ1) is 24.9. The molecule has 3 heterocycles. The zero-order valence-corrected chi connectivity index (χ0v) is 20.8. The van der Waals surface area contributed by atoms with Gasteiger partial charge in [0.2, 0.25) is 5.91 Å². The smallest absolute Gasteiger partial charge is 0.409 e. The third-order valence-electron chi connectivity index (χ3n) is 6.16. The Hall–Kier alpha value is -3.18. The molecule has 11 heteroatoms. The van der Waals surface area contributed by atoms with Gasteiger partial charge in [0.25, 0.3) is 0 Å². The summed E-state index contributed by atoms with van der Waals surface area (Å²) in [6, 6.07) is 10.1. The molecule has 4 amide bonds. The highest BCUT2D eigenvalue weighted by Crippen LogP contribution is 2.18. The van der Waals surface area contributed by atoms with Crippen LogP contribution in [-0.4, -0.2) is 102 Å². The van der Waals surface area contributed by atoms with Gasteiger partial charge in [0, 0.05) is 64.3 Å². The molecular weight excluding hydrogens is 468 g/mol. The summed E-state index contributed by atoms with van der Waals surface area (Å²) in [6.07, 6.45) is -0.122. The highest BCUT2D eigenvalue weighted by atomic mass is 32.1. The highest BCUT2D eigenvalue weighted by molar-refractivity contribution is 7.13. The Morgan fingerprint density at radius 3 is 2.29 bits per heavy atom. The number of nitrogens with zero attached hydrogens (tertiary/aromatic N) is 5. The van der Waals surface area contributed by atoms with E-state index in [4.69, 9.17) is 4.74 Å². The fraction of sp³-hybridized carbons (Fsp3) is 0.500. The predicted octanol–water partition coefficient (Wildman–Crippen LogP) is 2.34. The number of anilines is 1. The number of nitrogens with one attached hydrogen (secondary N) is 1. The van der Waals surface area contributed by atoms with E-state index in [1.807, 2.05) is 28.5 Å². The number of thiazole rings is 1. The van der Waals surface area contributed by atoms with E-state index in [1.54, 1.807) is 16.7 Å². The van der Waals surface area contributed by atoms with E-state index in [-0.39, 0.29) is 24.5 Å². The third-order valence-corrected chi connectivity index (χ3v) is 6.97. The molecule has 35 heavy (non-hydrogen) atoms. The van der Waals surface area contributed by atoms with Crippen LogP contribution in [0.5, 0.6) is 0 Å². The summed E-state index contributed by atoms with van der Waals surface area (Å²) in [5.41, 5.74) is 1.94. The molecular formula is C24H32N6O4S. The van der Waals surface area contributed by atoms with E-state index in [0.717, 1.165) is 19.6 Å². The normalized spacial score (nSPS) is 16.8. The Bertz CT molecular complexity index is 1000. The molecule has 2 fully saturated rings. The maximum absolute atomic E-state index is 12.8. The molecule has 2 saturated heterocycles. The van der Waals surface area contributed by atoms with Crippen LogP contribution in [0.25, 0.3) is 0 Å². The Morgan fingerprint density at radius 1 is 0.943 bits per heavy atom. The van der Waals surface area contributed by atoms with Gasteiger partial charge in [0.05, 0.1) is 18.7 Å². The van der Waals surface area contributed by atoms with Crippen LogP contribution < -0.4 is 5.32 Å². The van der Waals surface area contributed by atoms with Crippen molar-refractivity contribution in [2.75, 3.05) is 64.3 Å². The second-order valence-corrected chi connectivity index (χ2v) is 9.42. The quantitative estimate of drug-likeness (QED) is 0.654. The molecule has 2 aromatic rings. The minimum Gasteiger partial charge on any atom is -0.450 e. The SMILES string of the molecule is CCOC(=O)N1CCN(C(=O)Nc2nc(CC(=O)N3CCN(Cc4ccccc4)CC3)cs2)CC1. The Morgan fingerprint density at radius 2 is 1.60 bits per heavy atom. The molecule has 1 aromatic heterocycles. The van der Waals surface area contributed by atoms with Crippen molar-refractivity contribution in [1.82, 2.24) is 24.6 Å². The Labute approximate surface area is 209 Å². The lowest BCUT2D eigenvalue weighted by Crippen LogP contribution is -2.51. The van der Waals surface area contributed by atoms with E-state index < -0.39 is 0 Å². The molecule has 10 nitrogen and oxygen atoms in total. The molecule has 2 aliphatic heterocycles. The molecule has 0 radical (unpaired) electrons. The van der Waals surface area contributed by atoms with Crippen LogP contribution in [0.2, 0.25) is 0 Å². The van der Waals surface area contributed by atoms with Crippen molar-refractivity contribution in [3.05, 3.63) is 47.0 Å². The van der Waals surface area contributed by atoms with Crippen LogP contribution in [0.3, 0.4) is 0 Å². The van der Waals surface area contributed by atoms with Gasteiger partial charge in [-0.1, -0.05) is 30.3 Å². The second kappa shape index (κ2) is 12.0. The van der Waals surface area contributed by atoms with Gasteiger partial charge < -0.3 is 19.4 Å². The molecule has 1 aromatic carbocycles. The Balaban J connectivity index is 1.19. The minimum absolute atomic E-state index is 0.0580. The highest BCUT2D eigenvalue weighted by Gasteiger charge is 2.26. The van der Waals surface area contributed by atoms with E-state index in [0.29, 0.717) is 56.7 Å². The van der Waals surface area contributed by atoms with Crippen molar-refractivity contribution in [3.63, 3.8) is 0 Å². The number of benzene rings is 1. The molecule has 4 rings (SSSR count). The van der Waals surface area contributed by atoms with Crippen molar-refractivity contribution >= 4 is 34.5 Å². The lowest BCUT2D eigenvalue weighted by atomic mass is 10.2. The number of aromatic nitrogens is 1. The van der Waals surface area contributed by atoms with Gasteiger partial charge in [-0.25, -0.2) is 14.6 Å². The van der Waals surface area contributed by atoms with Crippen LogP contribution in [0.15, 0.2) is 35.7 Å². The summed E-state index contributed by atoms with van der Waals surface area (Å²) in [7, 11) is 0. The largest absolute Gasteiger partial charge is 0.450 e. The average molecular weight is 501 g/mol. The number of carbonyl (C=O) groups is 3. The summed E-state index contributed by atoms with van der Waals surface area (Å²) in [5.74, 6) is 0.0580. The van der Waals surface area contributed by atoms with Gasteiger partial charge in [-0.05, 0) is 12.5 Å². The Kier molecular flexibility index (Phi) is 8.54. The van der Waals surface area contributed by atoms with E-state index >= 15 is 0 Å². The van der Waals surface area contributed by atoms with Crippen molar-refractivity contribution in [2.24, 2.45) is 0 Å². The molecule has 1 N–H and O–H groups in total. The maximum atomic E-state index is 12.8. The number of ether oxygens (including phenoxy) is 1. The fourth-order valence-electron chi connectivity index (χ4n) is 4.19. The molecule has 0 bridgehead atoms. The third kappa shape index (κ3) is 6.92. The standard InChI is InChI=1S/C24H32N6O4S/c1-2-34-24(33)30-14-12-29(13-15-30)23(32)26-22-25-20(18-35-22)16-21(31)28-10-8-27(9-11-28)17-19-6-4-3-5-7-19/h3-7,18H,2,8-17H2,1H3,(H,25,26,32). The zero-order chi connectivity index (χ0) is 24.6. The molecule has 2 aliphatic rings. The van der Waals surface area contributed by atoms with Gasteiger partial charge in [0.15, 0.2) is 5.13 Å². The molecule has 0 saturated carbocycles. The lowest BCUT2D eigenvalue weighted by Gasteiger charge is -2.34. The van der Waals surface area contributed by atoms with Crippen molar-refractivity contribution in [3.8, 4) is 0 Å². The van der Waals surface area contributed by atoms with E-state index in [1.165, 1.54) is 16.9 Å². The number of hydrogen-bond acceptors (Lipinski definition) is 7. The first-order valence-corrected chi connectivity index (χ1v) is 12.9. The molecule has 0 unspecified atom stereocenters. The summed E-state index contributed by atoms with van der Waals surface area (Å²) >= 11 is 1.31. The molecule has 188 valence electrons. The zero-order valence-electron chi connectivity index (χ0n) is 20.0. The average Bonchev–Trinajstić information content (AvgIpc) is 3.31. The van der Waals surface area contributed by atoms with Crippen molar-refractivity contribution < 1.29 is 19.1 Å². The van der Waals surface area contributed by atoms with Gasteiger partial charge in [-0.15, -0.1) is 11.3 Å². The summed E-state index contributed by atoms with van der Waals surface area (Å²) in [5, 5.41) is 5.10. The molecule has 0 aliphatic carbocycles. The first-order valence-electron chi connectivity index (χ1n) is 12.0. The maximum Gasteiger partial charge on any atom is 0.409 e. The summed E-state index contributed by atoms with van der Waals surface area (Å²) in [6.45, 7) is 7.83. The van der Waals surface area contributed by atoms with Gasteiger partial charge in [-0.3, -0.25) is 15.0 Å². The number of hydrogen-bond donors (Lipinski definition) is 1. The van der Waals surface area contributed by atoms with Gasteiger partial charge in [0.1, 0.15) is 0 Å². The number of amides is 4. The number of rotatable bonds is 6. The molecule has 0 atom stereocenters. The van der Waals surface area contributed by atoms with Gasteiger partial charge in [-0.2, -0.15) is 0 Å². The van der Waals surface area contributed by atoms with Crippen LogP contribution in [0.4, 0.5) is 14.7 Å².